The van der Waals surface area contributed by atoms with E-state index in [9.17, 15) is 18.0 Å². The topological polar surface area (TPSA) is 91.8 Å². The highest BCUT2D eigenvalue weighted by Crippen LogP contribution is 2.08. The second-order valence-corrected chi connectivity index (χ2v) is 7.74. The summed E-state index contributed by atoms with van der Waals surface area (Å²) in [7, 11) is -1.84. The summed E-state index contributed by atoms with van der Waals surface area (Å²) in [6.07, 6.45) is 2.33. The number of carboxylic acids is 1. The number of nitrogens with zero attached hydrogens (tertiary/aromatic N) is 1. The number of carbonyl (C=O) groups is 2. The van der Waals surface area contributed by atoms with E-state index in [1.807, 2.05) is 6.92 Å². The average Bonchev–Trinajstić information content (AvgIpc) is 2.47. The van der Waals surface area contributed by atoms with Crippen molar-refractivity contribution in [2.45, 2.75) is 32.7 Å². The van der Waals surface area contributed by atoms with E-state index in [1.54, 1.807) is 12.1 Å². The van der Waals surface area contributed by atoms with Gasteiger partial charge in [-0.25, -0.2) is 13.2 Å². The Bertz CT molecular complexity index is 637. The fraction of sp³-hybridized carbons (Fsp3) is 0.500. The highest BCUT2D eigenvalue weighted by atomic mass is 32.2. The maximum Gasteiger partial charge on any atom is 0.335 e. The maximum absolute atomic E-state index is 12.0. The molecule has 0 spiro atoms. The van der Waals surface area contributed by atoms with Gasteiger partial charge in [0.15, 0.2) is 9.84 Å². The van der Waals surface area contributed by atoms with E-state index in [1.165, 1.54) is 24.1 Å². The lowest BCUT2D eigenvalue weighted by atomic mass is 10.1. The van der Waals surface area contributed by atoms with Gasteiger partial charge in [-0.05, 0) is 24.1 Å². The summed E-state index contributed by atoms with van der Waals surface area (Å²) in [4.78, 5) is 24.1. The monoisotopic (exact) mass is 341 g/mol. The summed E-state index contributed by atoms with van der Waals surface area (Å²) in [6, 6.07) is 6.14. The third-order valence-electron chi connectivity index (χ3n) is 3.45. The summed E-state index contributed by atoms with van der Waals surface area (Å²) in [5.41, 5.74) is 0.912. The van der Waals surface area contributed by atoms with Crippen LogP contribution in [0.2, 0.25) is 0 Å². The minimum Gasteiger partial charge on any atom is -0.478 e. The SMILES string of the molecule is CCCCCS(=O)(=O)CC(=O)N(C)Cc1ccc(C(=O)O)cc1. The van der Waals surface area contributed by atoms with Gasteiger partial charge in [-0.3, -0.25) is 4.79 Å². The van der Waals surface area contributed by atoms with Crippen molar-refractivity contribution in [2.75, 3.05) is 18.6 Å². The van der Waals surface area contributed by atoms with E-state index in [2.05, 4.69) is 0 Å². The van der Waals surface area contributed by atoms with Crippen LogP contribution in [0.3, 0.4) is 0 Å². The van der Waals surface area contributed by atoms with Gasteiger partial charge in [-0.15, -0.1) is 0 Å². The number of aromatic carboxylic acids is 1. The Kier molecular flexibility index (Phi) is 7.22. The van der Waals surface area contributed by atoms with Crippen LogP contribution in [0, 0.1) is 0 Å². The number of benzene rings is 1. The molecule has 1 aromatic rings. The maximum atomic E-state index is 12.0. The van der Waals surface area contributed by atoms with Crippen molar-refractivity contribution in [3.8, 4) is 0 Å². The summed E-state index contributed by atoms with van der Waals surface area (Å²) >= 11 is 0. The van der Waals surface area contributed by atoms with E-state index in [0.717, 1.165) is 18.4 Å². The van der Waals surface area contributed by atoms with Crippen molar-refractivity contribution in [3.05, 3.63) is 35.4 Å². The molecular formula is C16H23NO5S. The van der Waals surface area contributed by atoms with Gasteiger partial charge in [-0.1, -0.05) is 31.9 Å². The minimum atomic E-state index is -3.38. The van der Waals surface area contributed by atoms with Crippen molar-refractivity contribution in [1.82, 2.24) is 4.90 Å². The standard InChI is InChI=1S/C16H23NO5S/c1-3-4-5-10-23(21,22)12-15(18)17(2)11-13-6-8-14(9-7-13)16(19)20/h6-9H,3-5,10-12H2,1-2H3,(H,19,20). The van der Waals surface area contributed by atoms with Crippen LogP contribution >= 0.6 is 0 Å². The molecule has 7 heteroatoms. The lowest BCUT2D eigenvalue weighted by Crippen LogP contribution is -2.33. The molecule has 0 saturated carbocycles. The van der Waals surface area contributed by atoms with Crippen molar-refractivity contribution in [2.24, 2.45) is 0 Å². The third-order valence-corrected chi connectivity index (χ3v) is 5.05. The molecule has 128 valence electrons. The number of hydrogen-bond acceptors (Lipinski definition) is 4. The molecule has 0 unspecified atom stereocenters. The van der Waals surface area contributed by atoms with Gasteiger partial charge in [0.05, 0.1) is 11.3 Å². The number of carbonyl (C=O) groups excluding carboxylic acids is 1. The number of rotatable bonds is 9. The van der Waals surface area contributed by atoms with E-state index < -0.39 is 27.5 Å². The molecule has 1 rings (SSSR count). The second kappa shape index (κ2) is 8.67. The molecule has 0 radical (unpaired) electrons. The Morgan fingerprint density at radius 3 is 2.26 bits per heavy atom. The fourth-order valence-corrected chi connectivity index (χ4v) is 3.44. The molecule has 0 bridgehead atoms. The van der Waals surface area contributed by atoms with Crippen LogP contribution in [-0.2, 0) is 21.2 Å². The van der Waals surface area contributed by atoms with Crippen LogP contribution < -0.4 is 0 Å². The van der Waals surface area contributed by atoms with Gasteiger partial charge >= 0.3 is 5.97 Å². The number of sulfone groups is 1. The van der Waals surface area contributed by atoms with Crippen molar-refractivity contribution in [3.63, 3.8) is 0 Å². The number of hydrogen-bond donors (Lipinski definition) is 1. The van der Waals surface area contributed by atoms with Crippen molar-refractivity contribution >= 4 is 21.7 Å². The van der Waals surface area contributed by atoms with Crippen LogP contribution in [0.5, 0.6) is 0 Å². The summed E-state index contributed by atoms with van der Waals surface area (Å²) in [5.74, 6) is -1.92. The van der Waals surface area contributed by atoms with Crippen LogP contribution in [0.15, 0.2) is 24.3 Å². The zero-order valence-corrected chi connectivity index (χ0v) is 14.3. The quantitative estimate of drug-likeness (QED) is 0.693. The Labute approximate surface area is 137 Å². The average molecular weight is 341 g/mol. The normalized spacial score (nSPS) is 11.2. The molecule has 1 N–H and O–H groups in total. The summed E-state index contributed by atoms with van der Waals surface area (Å²) in [6.45, 7) is 2.23. The summed E-state index contributed by atoms with van der Waals surface area (Å²) in [5, 5.41) is 8.83. The third kappa shape index (κ3) is 6.81. The molecule has 0 saturated heterocycles. The molecule has 0 atom stereocenters. The lowest BCUT2D eigenvalue weighted by Gasteiger charge is -2.17. The number of carboxylic acid groups (broad SMARTS) is 1. The molecule has 0 aliphatic carbocycles. The molecule has 0 aliphatic rings. The zero-order valence-electron chi connectivity index (χ0n) is 13.5. The predicted octanol–water partition coefficient (Wildman–Crippen LogP) is 1.95. The Morgan fingerprint density at radius 2 is 1.74 bits per heavy atom. The molecule has 23 heavy (non-hydrogen) atoms. The van der Waals surface area contributed by atoms with E-state index in [0.29, 0.717) is 6.42 Å². The molecule has 0 aliphatic heterocycles. The Balaban J connectivity index is 2.58. The molecule has 0 heterocycles. The van der Waals surface area contributed by atoms with Gasteiger partial charge in [0.1, 0.15) is 5.75 Å². The largest absolute Gasteiger partial charge is 0.478 e. The highest BCUT2D eigenvalue weighted by molar-refractivity contribution is 7.92. The molecule has 6 nitrogen and oxygen atoms in total. The van der Waals surface area contributed by atoms with Gasteiger partial charge in [0.25, 0.3) is 0 Å². The van der Waals surface area contributed by atoms with Crippen molar-refractivity contribution < 1.29 is 23.1 Å². The second-order valence-electron chi connectivity index (χ2n) is 5.55. The van der Waals surface area contributed by atoms with Crippen LogP contribution in [0.1, 0.15) is 42.1 Å². The van der Waals surface area contributed by atoms with Crippen LogP contribution in [-0.4, -0.2) is 48.9 Å². The minimum absolute atomic E-state index is 0.0354. The molecular weight excluding hydrogens is 318 g/mol. The van der Waals surface area contributed by atoms with Gasteiger partial charge in [0.2, 0.25) is 5.91 Å². The van der Waals surface area contributed by atoms with Gasteiger partial charge < -0.3 is 10.0 Å². The Hall–Kier alpha value is -1.89. The van der Waals surface area contributed by atoms with Crippen LogP contribution in [0.25, 0.3) is 0 Å². The van der Waals surface area contributed by atoms with E-state index in [4.69, 9.17) is 5.11 Å². The molecule has 0 aromatic heterocycles. The Morgan fingerprint density at radius 1 is 1.13 bits per heavy atom. The number of unbranched alkanes of at least 4 members (excludes halogenated alkanes) is 2. The summed E-state index contributed by atoms with van der Waals surface area (Å²) < 4.78 is 23.8. The number of amides is 1. The first-order valence-electron chi connectivity index (χ1n) is 7.52. The fourth-order valence-electron chi connectivity index (χ4n) is 2.06. The van der Waals surface area contributed by atoms with Gasteiger partial charge in [0, 0.05) is 13.6 Å². The first-order chi connectivity index (χ1) is 10.7. The first kappa shape index (κ1) is 19.2. The lowest BCUT2D eigenvalue weighted by molar-refractivity contribution is -0.127. The molecule has 1 aromatic carbocycles. The van der Waals surface area contributed by atoms with E-state index >= 15 is 0 Å². The zero-order chi connectivity index (χ0) is 17.5. The van der Waals surface area contributed by atoms with Gasteiger partial charge in [-0.2, -0.15) is 0 Å². The molecule has 1 amide bonds. The smallest absolute Gasteiger partial charge is 0.335 e. The highest BCUT2D eigenvalue weighted by Gasteiger charge is 2.19. The predicted molar refractivity (Wildman–Crippen MR) is 88.1 cm³/mol. The first-order valence-corrected chi connectivity index (χ1v) is 9.34. The molecule has 0 fully saturated rings. The van der Waals surface area contributed by atoms with Crippen LogP contribution in [0.4, 0.5) is 0 Å². The van der Waals surface area contributed by atoms with Crippen molar-refractivity contribution in [1.29, 1.82) is 0 Å². The van der Waals surface area contributed by atoms with E-state index in [-0.39, 0.29) is 17.9 Å².